The number of phenols is 3. The van der Waals surface area contributed by atoms with Crippen molar-refractivity contribution in [1.29, 1.82) is 0 Å². The van der Waals surface area contributed by atoms with Crippen molar-refractivity contribution >= 4 is 21.6 Å². The van der Waals surface area contributed by atoms with Crippen LogP contribution in [0.1, 0.15) is 99.0 Å². The van der Waals surface area contributed by atoms with Gasteiger partial charge in [-0.15, -0.1) is 0 Å². The van der Waals surface area contributed by atoms with E-state index in [-0.39, 0.29) is 59.4 Å². The number of aromatic hydroxyl groups is 3. The minimum atomic E-state index is -1.06. The molecule has 276 valence electrons. The average molecular weight is 739 g/mol. The van der Waals surface area contributed by atoms with Gasteiger partial charge in [0.15, 0.2) is 17.6 Å². The van der Waals surface area contributed by atoms with Crippen LogP contribution < -0.4 is 18.9 Å². The van der Waals surface area contributed by atoms with Crippen LogP contribution in [0.25, 0.3) is 11.1 Å². The summed E-state index contributed by atoms with van der Waals surface area (Å²) in [4.78, 5) is 0. The number of fused-ring (bicyclic) bond motifs is 6. The van der Waals surface area contributed by atoms with Crippen LogP contribution in [0.4, 0.5) is 0 Å². The van der Waals surface area contributed by atoms with Crippen molar-refractivity contribution in [2.75, 3.05) is 32.7 Å². The highest BCUT2D eigenvalue weighted by molar-refractivity contribution is 8.76. The van der Waals surface area contributed by atoms with Crippen LogP contribution >= 0.6 is 21.6 Å². The fourth-order valence-electron chi connectivity index (χ4n) is 8.52. The third-order valence-electron chi connectivity index (χ3n) is 11.1. The van der Waals surface area contributed by atoms with E-state index >= 15 is 0 Å². The molecule has 0 saturated heterocycles. The third kappa shape index (κ3) is 7.15. The second kappa shape index (κ2) is 15.5. The van der Waals surface area contributed by atoms with Crippen molar-refractivity contribution in [1.82, 2.24) is 0 Å². The minimum Gasteiger partial charge on any atom is -0.508 e. The SMILES string of the molecule is COc1c(O)c(OCCC(C)C)cc(C2Oc3cc(OCCO)c4c5c3C(CSSC3CCCC(CCC(C5)c5cc(O)ccc5-4)C3)C2O)c1O. The van der Waals surface area contributed by atoms with Crippen LogP contribution in [0, 0.1) is 11.8 Å². The van der Waals surface area contributed by atoms with Crippen molar-refractivity contribution in [3.8, 4) is 51.4 Å². The maximum atomic E-state index is 12.4. The molecular formula is C40H50O9S2. The zero-order valence-corrected chi connectivity index (χ0v) is 31.2. The van der Waals surface area contributed by atoms with Gasteiger partial charge in [-0.3, -0.25) is 0 Å². The Labute approximate surface area is 308 Å². The molecule has 0 amide bonds. The van der Waals surface area contributed by atoms with Gasteiger partial charge < -0.3 is 44.5 Å². The fraction of sp³-hybridized carbons (Fsp3) is 0.550. The van der Waals surface area contributed by atoms with Crippen LogP contribution in [0.3, 0.4) is 0 Å². The summed E-state index contributed by atoms with van der Waals surface area (Å²) < 4.78 is 24.5. The zero-order chi connectivity index (χ0) is 35.8. The predicted octanol–water partition coefficient (Wildman–Crippen LogP) is 8.23. The second-order valence-corrected chi connectivity index (χ2v) is 17.6. The van der Waals surface area contributed by atoms with Crippen LogP contribution in [-0.2, 0) is 6.42 Å². The first-order chi connectivity index (χ1) is 24.7. The van der Waals surface area contributed by atoms with Gasteiger partial charge in [-0.25, -0.2) is 0 Å². The van der Waals surface area contributed by atoms with Crippen molar-refractivity contribution in [2.24, 2.45) is 11.8 Å². The molecule has 7 rings (SSSR count). The van der Waals surface area contributed by atoms with E-state index in [2.05, 4.69) is 13.8 Å². The molecule has 51 heavy (non-hydrogen) atoms. The highest BCUT2D eigenvalue weighted by atomic mass is 33.1. The molecule has 0 aromatic heterocycles. The molecule has 3 aromatic rings. The van der Waals surface area contributed by atoms with E-state index in [1.54, 1.807) is 22.9 Å². The van der Waals surface area contributed by atoms with Crippen LogP contribution in [0.2, 0.25) is 0 Å². The summed E-state index contributed by atoms with van der Waals surface area (Å²) in [5.41, 5.74) is 5.25. The smallest absolute Gasteiger partial charge is 0.207 e. The molecule has 2 aliphatic heterocycles. The van der Waals surface area contributed by atoms with Gasteiger partial charge in [0.1, 0.15) is 30.0 Å². The molecule has 6 unspecified atom stereocenters. The maximum absolute atomic E-state index is 12.4. The van der Waals surface area contributed by atoms with E-state index in [4.69, 9.17) is 18.9 Å². The van der Waals surface area contributed by atoms with Gasteiger partial charge in [0, 0.05) is 39.7 Å². The molecule has 4 aliphatic rings. The molecule has 1 saturated carbocycles. The molecule has 3 aromatic carbocycles. The topological polar surface area (TPSA) is 138 Å². The van der Waals surface area contributed by atoms with Crippen molar-refractivity contribution < 1.29 is 44.5 Å². The number of aliphatic hydroxyl groups excluding tert-OH is 2. The van der Waals surface area contributed by atoms with Gasteiger partial charge in [0.2, 0.25) is 11.5 Å². The van der Waals surface area contributed by atoms with Gasteiger partial charge in [-0.05, 0) is 91.2 Å². The molecule has 4 bridgehead atoms. The summed E-state index contributed by atoms with van der Waals surface area (Å²) in [6.07, 6.45) is 6.31. The Balaban J connectivity index is 1.39. The lowest BCUT2D eigenvalue weighted by atomic mass is 9.71. The average Bonchev–Trinajstić information content (AvgIpc) is 3.12. The quantitative estimate of drug-likeness (QED) is 0.136. The van der Waals surface area contributed by atoms with Crippen LogP contribution in [0.5, 0.6) is 40.2 Å². The molecule has 2 heterocycles. The zero-order valence-electron chi connectivity index (χ0n) is 29.6. The molecule has 11 heteroatoms. The first-order valence-electron chi connectivity index (χ1n) is 18.3. The number of ether oxygens (including phenoxy) is 4. The lowest BCUT2D eigenvalue weighted by Gasteiger charge is -2.41. The maximum Gasteiger partial charge on any atom is 0.207 e. The predicted molar refractivity (Wildman–Crippen MR) is 201 cm³/mol. The number of aliphatic hydroxyl groups is 2. The Kier molecular flexibility index (Phi) is 11.0. The van der Waals surface area contributed by atoms with E-state index in [9.17, 15) is 25.5 Å². The molecule has 2 aliphatic carbocycles. The standard InChI is InChI=1S/C40H50O9S2/c1-21(2)11-13-47-33-18-29(36(43)40(46-3)38(33)45)39-37(44)30-20-50-51-25-6-4-5-22(15-25)7-8-23-16-28-34(26-10-9-24(42)17-27(23)26)31(48-14-12-41)19-32(49-39)35(28)30/h9-10,17-19,21-23,25,30,37,39,41-45H,4-8,11-16,20H2,1-3H3. The molecule has 5 N–H and O–H groups in total. The summed E-state index contributed by atoms with van der Waals surface area (Å²) in [6, 6.07) is 8.98. The van der Waals surface area contributed by atoms with Crippen molar-refractivity contribution in [3.63, 3.8) is 0 Å². The van der Waals surface area contributed by atoms with E-state index in [1.165, 1.54) is 32.8 Å². The van der Waals surface area contributed by atoms with Gasteiger partial charge >= 0.3 is 0 Å². The number of methoxy groups -OCH3 is 1. The van der Waals surface area contributed by atoms with Gasteiger partial charge in [-0.1, -0.05) is 54.3 Å². The van der Waals surface area contributed by atoms with Crippen LogP contribution in [0.15, 0.2) is 30.3 Å². The van der Waals surface area contributed by atoms with E-state index in [0.29, 0.717) is 47.4 Å². The number of phenolic OH excluding ortho intramolecular Hbond substituents is 3. The largest absolute Gasteiger partial charge is 0.508 e. The van der Waals surface area contributed by atoms with Crippen molar-refractivity contribution in [2.45, 2.75) is 94.5 Å². The Morgan fingerprint density at radius 1 is 0.941 bits per heavy atom. The number of hydrogen-bond donors (Lipinski definition) is 5. The number of rotatable bonds is 9. The lowest BCUT2D eigenvalue weighted by Crippen LogP contribution is -2.37. The van der Waals surface area contributed by atoms with E-state index in [1.807, 2.05) is 29.0 Å². The Morgan fingerprint density at radius 3 is 2.55 bits per heavy atom. The van der Waals surface area contributed by atoms with Gasteiger partial charge in [0.05, 0.1) is 20.3 Å². The third-order valence-corrected chi connectivity index (χ3v) is 14.1. The lowest BCUT2D eigenvalue weighted by molar-refractivity contribution is 0.00290. The summed E-state index contributed by atoms with van der Waals surface area (Å²) >= 11 is 0. The van der Waals surface area contributed by atoms with Crippen LogP contribution in [-0.4, -0.2) is 69.6 Å². The highest BCUT2D eigenvalue weighted by Gasteiger charge is 2.45. The first kappa shape index (κ1) is 36.2. The first-order valence-corrected chi connectivity index (χ1v) is 20.7. The molecule has 6 atom stereocenters. The van der Waals surface area contributed by atoms with Crippen molar-refractivity contribution in [3.05, 3.63) is 52.6 Å². The van der Waals surface area contributed by atoms with E-state index < -0.39 is 12.2 Å². The van der Waals surface area contributed by atoms with Gasteiger partial charge in [-0.2, -0.15) is 0 Å². The van der Waals surface area contributed by atoms with E-state index in [0.717, 1.165) is 47.1 Å². The number of hydrogen-bond acceptors (Lipinski definition) is 11. The Hall–Kier alpha value is -3.12. The highest BCUT2D eigenvalue weighted by Crippen LogP contribution is 2.58. The molecule has 1 fully saturated rings. The monoisotopic (exact) mass is 738 g/mol. The summed E-state index contributed by atoms with van der Waals surface area (Å²) in [7, 11) is 5.09. The summed E-state index contributed by atoms with van der Waals surface area (Å²) in [5.74, 6) is 2.17. The second-order valence-electron chi connectivity index (χ2n) is 14.9. The molecular weight excluding hydrogens is 689 g/mol. The molecule has 0 radical (unpaired) electrons. The fourth-order valence-corrected chi connectivity index (χ4v) is 11.7. The number of benzene rings is 3. The molecule has 0 spiro atoms. The summed E-state index contributed by atoms with van der Waals surface area (Å²) in [6.45, 7) is 4.45. The normalized spacial score (nSPS) is 25.5. The summed E-state index contributed by atoms with van der Waals surface area (Å²) in [5, 5.41) is 56.0. The van der Waals surface area contributed by atoms with Gasteiger partial charge in [0.25, 0.3) is 0 Å². The Bertz CT molecular complexity index is 1730. The minimum absolute atomic E-state index is 0.0835. The molecule has 9 nitrogen and oxygen atoms in total. The Morgan fingerprint density at radius 2 is 1.76 bits per heavy atom.